The number of nitro benzene ring substituents is 1. The van der Waals surface area contributed by atoms with Crippen molar-refractivity contribution in [2.24, 2.45) is 0 Å². The molecule has 0 aliphatic heterocycles. The van der Waals surface area contributed by atoms with Crippen LogP contribution < -0.4 is 5.32 Å². The molecule has 0 unspecified atom stereocenters. The van der Waals surface area contributed by atoms with E-state index in [4.69, 9.17) is 11.6 Å². The van der Waals surface area contributed by atoms with E-state index in [1.807, 2.05) is 0 Å². The maximum atomic E-state index is 13.6. The van der Waals surface area contributed by atoms with E-state index < -0.39 is 16.6 Å². The van der Waals surface area contributed by atoms with Gasteiger partial charge in [0.25, 0.3) is 5.69 Å². The van der Waals surface area contributed by atoms with Crippen molar-refractivity contribution in [2.45, 2.75) is 6.92 Å². The van der Waals surface area contributed by atoms with Gasteiger partial charge in [-0.05, 0) is 36.8 Å². The fourth-order valence-corrected chi connectivity index (χ4v) is 2.13. The molecule has 0 heterocycles. The summed E-state index contributed by atoms with van der Waals surface area (Å²) in [7, 11) is 0. The van der Waals surface area contributed by atoms with Crippen LogP contribution in [0.4, 0.5) is 15.8 Å². The Balaban J connectivity index is 2.14. The van der Waals surface area contributed by atoms with E-state index in [0.29, 0.717) is 11.3 Å². The van der Waals surface area contributed by atoms with Crippen molar-refractivity contribution in [1.29, 1.82) is 0 Å². The van der Waals surface area contributed by atoms with E-state index in [1.165, 1.54) is 42.5 Å². The standard InChI is InChI=1S/C16H12ClFN2O3/c1-10-9-11(20(22)23)5-7-15(10)19-16(21)8-6-12-13(17)3-2-4-14(12)18/h2-9H,1H3,(H,19,21)/b8-6+. The number of benzene rings is 2. The van der Waals surface area contributed by atoms with Crippen molar-refractivity contribution >= 4 is 35.0 Å². The Kier molecular flexibility index (Phi) is 5.08. The fraction of sp³-hybridized carbons (Fsp3) is 0.0625. The molecule has 0 atom stereocenters. The van der Waals surface area contributed by atoms with Crippen molar-refractivity contribution in [2.75, 3.05) is 5.32 Å². The minimum atomic E-state index is -0.534. The van der Waals surface area contributed by atoms with Gasteiger partial charge in [0.05, 0.1) is 9.95 Å². The molecule has 0 bridgehead atoms. The van der Waals surface area contributed by atoms with Crippen LogP contribution in [0, 0.1) is 22.9 Å². The third kappa shape index (κ3) is 4.14. The first-order valence-electron chi connectivity index (χ1n) is 6.56. The normalized spacial score (nSPS) is 10.7. The third-order valence-corrected chi connectivity index (χ3v) is 3.41. The summed E-state index contributed by atoms with van der Waals surface area (Å²) in [6.07, 6.45) is 2.42. The number of carbonyl (C=O) groups excluding carboxylic acids is 1. The molecule has 0 fully saturated rings. The van der Waals surface area contributed by atoms with Crippen molar-refractivity contribution in [3.8, 4) is 0 Å². The number of rotatable bonds is 4. The lowest BCUT2D eigenvalue weighted by atomic mass is 10.1. The van der Waals surface area contributed by atoms with E-state index in [9.17, 15) is 19.3 Å². The zero-order valence-corrected chi connectivity index (χ0v) is 12.8. The Morgan fingerprint density at radius 1 is 1.35 bits per heavy atom. The number of nitro groups is 1. The summed E-state index contributed by atoms with van der Waals surface area (Å²) < 4.78 is 13.6. The largest absolute Gasteiger partial charge is 0.322 e. The molecule has 7 heteroatoms. The number of amides is 1. The number of halogens is 2. The molecule has 0 aliphatic carbocycles. The smallest absolute Gasteiger partial charge is 0.269 e. The molecule has 0 aliphatic rings. The monoisotopic (exact) mass is 334 g/mol. The predicted molar refractivity (Wildman–Crippen MR) is 86.9 cm³/mol. The highest BCUT2D eigenvalue weighted by atomic mass is 35.5. The molecule has 1 N–H and O–H groups in total. The van der Waals surface area contributed by atoms with Crippen LogP contribution in [0.25, 0.3) is 6.08 Å². The third-order valence-electron chi connectivity index (χ3n) is 3.08. The molecule has 0 spiro atoms. The molecule has 0 saturated carbocycles. The summed E-state index contributed by atoms with van der Waals surface area (Å²) in [6.45, 7) is 1.64. The molecule has 2 aromatic carbocycles. The molecule has 118 valence electrons. The molecule has 23 heavy (non-hydrogen) atoms. The Bertz CT molecular complexity index is 786. The minimum absolute atomic E-state index is 0.0609. The molecule has 5 nitrogen and oxygen atoms in total. The number of nitrogens with one attached hydrogen (secondary N) is 1. The van der Waals surface area contributed by atoms with Crippen LogP contribution in [-0.4, -0.2) is 10.8 Å². The lowest BCUT2D eigenvalue weighted by molar-refractivity contribution is -0.384. The molecule has 0 saturated heterocycles. The number of anilines is 1. The Labute approximate surface area is 136 Å². The van der Waals surface area contributed by atoms with E-state index in [1.54, 1.807) is 6.92 Å². The van der Waals surface area contributed by atoms with Crippen molar-refractivity contribution in [3.05, 3.63) is 74.6 Å². The summed E-state index contributed by atoms with van der Waals surface area (Å²) in [5.41, 5.74) is 1.04. The van der Waals surface area contributed by atoms with Gasteiger partial charge in [0.2, 0.25) is 5.91 Å². The molecule has 2 aromatic rings. The lowest BCUT2D eigenvalue weighted by Gasteiger charge is -2.06. The Morgan fingerprint density at radius 3 is 2.70 bits per heavy atom. The van der Waals surface area contributed by atoms with Gasteiger partial charge in [0.1, 0.15) is 5.82 Å². The number of hydrogen-bond donors (Lipinski definition) is 1. The molecule has 2 rings (SSSR count). The number of hydrogen-bond acceptors (Lipinski definition) is 3. The zero-order valence-electron chi connectivity index (χ0n) is 12.0. The number of aryl methyl sites for hydroxylation is 1. The predicted octanol–water partition coefficient (Wildman–Crippen LogP) is 4.35. The summed E-state index contributed by atoms with van der Waals surface area (Å²) >= 11 is 5.86. The van der Waals surface area contributed by atoms with Gasteiger partial charge in [-0.2, -0.15) is 0 Å². The second-order valence-electron chi connectivity index (χ2n) is 4.71. The van der Waals surface area contributed by atoms with Crippen LogP contribution in [0.5, 0.6) is 0 Å². The van der Waals surface area contributed by atoms with Gasteiger partial charge in [-0.15, -0.1) is 0 Å². The first kappa shape index (κ1) is 16.6. The second kappa shape index (κ2) is 7.02. The van der Waals surface area contributed by atoms with Crippen LogP contribution in [-0.2, 0) is 4.79 Å². The first-order valence-corrected chi connectivity index (χ1v) is 6.94. The summed E-state index contributed by atoms with van der Waals surface area (Å²) in [5.74, 6) is -1.03. The average Bonchev–Trinajstić information content (AvgIpc) is 2.48. The first-order chi connectivity index (χ1) is 10.9. The van der Waals surface area contributed by atoms with E-state index in [0.717, 1.165) is 6.08 Å². The Hall–Kier alpha value is -2.73. The van der Waals surface area contributed by atoms with Gasteiger partial charge in [-0.1, -0.05) is 17.7 Å². The summed E-state index contributed by atoms with van der Waals surface area (Å²) in [5, 5.41) is 13.4. The summed E-state index contributed by atoms with van der Waals surface area (Å²) in [4.78, 5) is 22.0. The number of non-ortho nitro benzene ring substituents is 1. The van der Waals surface area contributed by atoms with Crippen LogP contribution >= 0.6 is 11.6 Å². The van der Waals surface area contributed by atoms with Crippen molar-refractivity contribution < 1.29 is 14.1 Å². The molecular weight excluding hydrogens is 323 g/mol. The zero-order chi connectivity index (χ0) is 17.0. The topological polar surface area (TPSA) is 72.2 Å². The van der Waals surface area contributed by atoms with Gasteiger partial charge in [-0.3, -0.25) is 14.9 Å². The molecule has 0 radical (unpaired) electrons. The Morgan fingerprint density at radius 2 is 2.09 bits per heavy atom. The SMILES string of the molecule is Cc1cc([N+](=O)[O-])ccc1NC(=O)/C=C/c1c(F)cccc1Cl. The average molecular weight is 335 g/mol. The van der Waals surface area contributed by atoms with Crippen molar-refractivity contribution in [1.82, 2.24) is 0 Å². The van der Waals surface area contributed by atoms with E-state index in [2.05, 4.69) is 5.32 Å². The fourth-order valence-electron chi connectivity index (χ4n) is 1.91. The van der Waals surface area contributed by atoms with Gasteiger partial charge in [0.15, 0.2) is 0 Å². The minimum Gasteiger partial charge on any atom is -0.322 e. The quantitative estimate of drug-likeness (QED) is 0.513. The lowest BCUT2D eigenvalue weighted by Crippen LogP contribution is -2.09. The van der Waals surface area contributed by atoms with Gasteiger partial charge < -0.3 is 5.32 Å². The molecule has 0 aromatic heterocycles. The highest BCUT2D eigenvalue weighted by Crippen LogP contribution is 2.22. The highest BCUT2D eigenvalue weighted by molar-refractivity contribution is 6.32. The van der Waals surface area contributed by atoms with Crippen LogP contribution in [0.2, 0.25) is 5.02 Å². The van der Waals surface area contributed by atoms with E-state index in [-0.39, 0.29) is 16.3 Å². The van der Waals surface area contributed by atoms with E-state index >= 15 is 0 Å². The van der Waals surface area contributed by atoms with Crippen LogP contribution in [0.1, 0.15) is 11.1 Å². The summed E-state index contributed by atoms with van der Waals surface area (Å²) in [6, 6.07) is 8.31. The number of nitrogens with zero attached hydrogens (tertiary/aromatic N) is 1. The van der Waals surface area contributed by atoms with Gasteiger partial charge in [0, 0.05) is 29.5 Å². The molecule has 1 amide bonds. The second-order valence-corrected chi connectivity index (χ2v) is 5.12. The van der Waals surface area contributed by atoms with Crippen LogP contribution in [0.3, 0.4) is 0 Å². The van der Waals surface area contributed by atoms with Gasteiger partial charge in [-0.25, -0.2) is 4.39 Å². The highest BCUT2D eigenvalue weighted by Gasteiger charge is 2.09. The number of carbonyl (C=O) groups is 1. The molecular formula is C16H12ClFN2O3. The maximum Gasteiger partial charge on any atom is 0.269 e. The maximum absolute atomic E-state index is 13.6. The van der Waals surface area contributed by atoms with Gasteiger partial charge >= 0.3 is 0 Å². The van der Waals surface area contributed by atoms with Crippen LogP contribution in [0.15, 0.2) is 42.5 Å². The van der Waals surface area contributed by atoms with Crippen molar-refractivity contribution in [3.63, 3.8) is 0 Å².